The lowest BCUT2D eigenvalue weighted by molar-refractivity contribution is 0.172. The Morgan fingerprint density at radius 1 is 1.27 bits per heavy atom. The number of alkyl halides is 1. The Hall–Kier alpha value is -3.01. The van der Waals surface area contributed by atoms with Gasteiger partial charge in [-0.25, -0.2) is 14.4 Å². The molecule has 0 bridgehead atoms. The number of allylic oxidation sites excluding steroid dienone is 2. The van der Waals surface area contributed by atoms with E-state index >= 15 is 4.39 Å². The molecule has 1 saturated heterocycles. The zero-order valence-electron chi connectivity index (χ0n) is 20.0. The van der Waals surface area contributed by atoms with E-state index in [2.05, 4.69) is 30.2 Å². The number of halogens is 1. The van der Waals surface area contributed by atoms with Crippen LogP contribution in [0.25, 0.3) is 0 Å². The second-order valence-electron chi connectivity index (χ2n) is 9.17. The van der Waals surface area contributed by atoms with Gasteiger partial charge in [-0.15, -0.1) is 0 Å². The van der Waals surface area contributed by atoms with Crippen LogP contribution in [0, 0.1) is 5.92 Å². The molecule has 1 aliphatic rings. The van der Waals surface area contributed by atoms with Gasteiger partial charge in [0.2, 0.25) is 0 Å². The van der Waals surface area contributed by atoms with Gasteiger partial charge in [-0.2, -0.15) is 9.97 Å². The number of nitrogens with two attached hydrogens (primary N) is 2. The van der Waals surface area contributed by atoms with Crippen LogP contribution in [0.15, 0.2) is 30.5 Å². The number of ether oxygens (including phenoxy) is 1. The van der Waals surface area contributed by atoms with Crippen LogP contribution >= 0.6 is 0 Å². The molecule has 0 spiro atoms. The fraction of sp³-hybridized carbons (Fsp3) is 0.565. The van der Waals surface area contributed by atoms with Crippen molar-refractivity contribution in [2.24, 2.45) is 11.7 Å². The fourth-order valence-electron chi connectivity index (χ4n) is 4.25. The van der Waals surface area contributed by atoms with Crippen LogP contribution in [-0.4, -0.2) is 52.3 Å². The number of hydrogen-bond donors (Lipinski definition) is 3. The Morgan fingerprint density at radius 3 is 2.52 bits per heavy atom. The third-order valence-corrected chi connectivity index (χ3v) is 6.19. The molecule has 0 unspecified atom stereocenters. The second kappa shape index (κ2) is 10.3. The summed E-state index contributed by atoms with van der Waals surface area (Å²) in [5.74, 6) is 0.804. The summed E-state index contributed by atoms with van der Waals surface area (Å²) in [6.45, 7) is 8.85. The molecular weight excluding hydrogens is 423 g/mol. The summed E-state index contributed by atoms with van der Waals surface area (Å²) < 4.78 is 21.7. The molecule has 10 heteroatoms. The van der Waals surface area contributed by atoms with E-state index in [0.29, 0.717) is 30.2 Å². The predicted octanol–water partition coefficient (Wildman–Crippen LogP) is 2.94. The maximum Gasteiger partial charge on any atom is 0.326 e. The summed E-state index contributed by atoms with van der Waals surface area (Å²) in [6.07, 6.45) is 6.71. The zero-order chi connectivity index (χ0) is 24.2. The largest absolute Gasteiger partial charge is 0.421 e. The molecule has 9 nitrogen and oxygen atoms in total. The smallest absolute Gasteiger partial charge is 0.326 e. The van der Waals surface area contributed by atoms with Gasteiger partial charge >= 0.3 is 6.01 Å². The number of hydrogen-bond acceptors (Lipinski definition) is 9. The predicted molar refractivity (Wildman–Crippen MR) is 128 cm³/mol. The molecule has 0 radical (unpaired) electrons. The summed E-state index contributed by atoms with van der Waals surface area (Å²) >= 11 is 0. The minimum absolute atomic E-state index is 0.0705. The number of rotatable bonds is 8. The normalized spacial score (nSPS) is 17.5. The SMILES string of the molecule is CN/C(C)=C/[C@@H](C)[C@@H](F)C(C)(C)c1c(N)nc(Oc2cncnc2)nc1N1CCC(N)CC1. The molecule has 5 N–H and O–H groups in total. The Kier molecular flexibility index (Phi) is 7.68. The summed E-state index contributed by atoms with van der Waals surface area (Å²) in [7, 11) is 1.82. The van der Waals surface area contributed by atoms with Crippen LogP contribution in [0.3, 0.4) is 0 Å². The first-order valence-corrected chi connectivity index (χ1v) is 11.2. The number of piperidine rings is 1. The number of nitrogens with one attached hydrogen (secondary N) is 1. The first-order chi connectivity index (χ1) is 15.6. The van der Waals surface area contributed by atoms with Crippen molar-refractivity contribution in [3.8, 4) is 11.8 Å². The Bertz CT molecular complexity index is 960. The van der Waals surface area contributed by atoms with Crippen LogP contribution in [0.1, 0.15) is 46.1 Å². The van der Waals surface area contributed by atoms with Crippen molar-refractivity contribution in [2.45, 2.75) is 58.2 Å². The standard InChI is InChI=1S/C23H35FN8O/c1-14(10-15(2)27-5)19(24)23(3,4)18-20(26)30-22(33-17-11-28-13-29-12-17)31-21(18)32-8-6-16(25)7-9-32/h10-14,16,19,27H,6-9,25H2,1-5H3,(H2,26,30,31)/b15-10+/t14-,19-/m1/s1. The molecule has 2 aromatic heterocycles. The van der Waals surface area contributed by atoms with Gasteiger partial charge in [0, 0.05) is 48.8 Å². The van der Waals surface area contributed by atoms with Crippen molar-refractivity contribution in [1.82, 2.24) is 25.3 Å². The van der Waals surface area contributed by atoms with Gasteiger partial charge < -0.3 is 26.4 Å². The lowest BCUT2D eigenvalue weighted by Crippen LogP contribution is -2.43. The van der Waals surface area contributed by atoms with Crippen molar-refractivity contribution in [2.75, 3.05) is 30.8 Å². The molecule has 2 atom stereocenters. The first kappa shape index (κ1) is 24.6. The summed E-state index contributed by atoms with van der Waals surface area (Å²) in [5.41, 5.74) is 13.1. The fourth-order valence-corrected chi connectivity index (χ4v) is 4.25. The van der Waals surface area contributed by atoms with Gasteiger partial charge in [0.15, 0.2) is 5.75 Å². The van der Waals surface area contributed by atoms with E-state index in [9.17, 15) is 0 Å². The van der Waals surface area contributed by atoms with E-state index in [1.807, 2.05) is 40.8 Å². The van der Waals surface area contributed by atoms with E-state index in [4.69, 9.17) is 16.2 Å². The van der Waals surface area contributed by atoms with Crippen LogP contribution in [-0.2, 0) is 5.41 Å². The molecule has 1 fully saturated rings. The molecule has 0 aromatic carbocycles. The minimum Gasteiger partial charge on any atom is -0.421 e. The van der Waals surface area contributed by atoms with E-state index in [0.717, 1.165) is 18.5 Å². The summed E-state index contributed by atoms with van der Waals surface area (Å²) in [5, 5.41) is 3.05. The van der Waals surface area contributed by atoms with Crippen LogP contribution in [0.4, 0.5) is 16.0 Å². The average molecular weight is 459 g/mol. The summed E-state index contributed by atoms with van der Waals surface area (Å²) in [4.78, 5) is 19.0. The van der Waals surface area contributed by atoms with Crippen molar-refractivity contribution < 1.29 is 9.13 Å². The van der Waals surface area contributed by atoms with Gasteiger partial charge in [-0.05, 0) is 19.8 Å². The van der Waals surface area contributed by atoms with E-state index < -0.39 is 11.6 Å². The molecule has 3 rings (SSSR count). The van der Waals surface area contributed by atoms with Gasteiger partial charge in [0.1, 0.15) is 24.1 Å². The van der Waals surface area contributed by atoms with E-state index in [1.165, 1.54) is 18.7 Å². The molecule has 1 aliphatic heterocycles. The van der Waals surface area contributed by atoms with Gasteiger partial charge in [0.05, 0.1) is 12.4 Å². The van der Waals surface area contributed by atoms with Crippen molar-refractivity contribution >= 4 is 11.6 Å². The Labute approximate surface area is 194 Å². The molecular formula is C23H35FN8O. The minimum atomic E-state index is -1.23. The van der Waals surface area contributed by atoms with Crippen LogP contribution in [0.2, 0.25) is 0 Å². The van der Waals surface area contributed by atoms with Gasteiger partial charge in [-0.1, -0.05) is 26.8 Å². The highest BCUT2D eigenvalue weighted by molar-refractivity contribution is 5.62. The van der Waals surface area contributed by atoms with Crippen molar-refractivity contribution in [3.63, 3.8) is 0 Å². The maximum atomic E-state index is 15.9. The molecule has 33 heavy (non-hydrogen) atoms. The Morgan fingerprint density at radius 2 is 1.91 bits per heavy atom. The van der Waals surface area contributed by atoms with Crippen LogP contribution in [0.5, 0.6) is 11.8 Å². The number of aromatic nitrogens is 4. The van der Waals surface area contributed by atoms with Crippen LogP contribution < -0.4 is 26.4 Å². The first-order valence-electron chi connectivity index (χ1n) is 11.2. The molecule has 0 amide bonds. The summed E-state index contributed by atoms with van der Waals surface area (Å²) in [6, 6.07) is 0.207. The van der Waals surface area contributed by atoms with E-state index in [1.54, 1.807) is 0 Å². The number of nitrogens with zero attached hydrogens (tertiary/aromatic N) is 5. The van der Waals surface area contributed by atoms with E-state index in [-0.39, 0.29) is 23.8 Å². The zero-order valence-corrected chi connectivity index (χ0v) is 20.0. The van der Waals surface area contributed by atoms with Gasteiger partial charge in [-0.3, -0.25) is 0 Å². The van der Waals surface area contributed by atoms with Crippen molar-refractivity contribution in [3.05, 3.63) is 36.1 Å². The topological polar surface area (TPSA) is 128 Å². The van der Waals surface area contributed by atoms with Gasteiger partial charge in [0.25, 0.3) is 0 Å². The highest BCUT2D eigenvalue weighted by atomic mass is 19.1. The monoisotopic (exact) mass is 458 g/mol. The number of anilines is 2. The quantitative estimate of drug-likeness (QED) is 0.547. The number of nitrogen functional groups attached to an aromatic ring is 1. The molecule has 0 saturated carbocycles. The second-order valence-corrected chi connectivity index (χ2v) is 9.17. The third kappa shape index (κ3) is 5.68. The molecule has 2 aromatic rings. The maximum absolute atomic E-state index is 15.9. The lowest BCUT2D eigenvalue weighted by atomic mass is 9.75. The molecule has 3 heterocycles. The molecule has 0 aliphatic carbocycles. The lowest BCUT2D eigenvalue weighted by Gasteiger charge is -2.38. The van der Waals surface area contributed by atoms with Crippen molar-refractivity contribution in [1.29, 1.82) is 0 Å². The molecule has 180 valence electrons. The third-order valence-electron chi connectivity index (χ3n) is 6.19. The highest BCUT2D eigenvalue weighted by Crippen LogP contribution is 2.42. The highest BCUT2D eigenvalue weighted by Gasteiger charge is 2.41. The average Bonchev–Trinajstić information content (AvgIpc) is 2.79. The Balaban J connectivity index is 2.04.